The van der Waals surface area contributed by atoms with Gasteiger partial charge in [0.25, 0.3) is 5.69 Å². The van der Waals surface area contributed by atoms with Crippen LogP contribution in [0.25, 0.3) is 22.2 Å². The Morgan fingerprint density at radius 3 is 2.36 bits per heavy atom. The zero-order valence-corrected chi connectivity index (χ0v) is 15.5. The molecule has 2 fully saturated rings. The molecule has 6 heteroatoms. The summed E-state index contributed by atoms with van der Waals surface area (Å²) < 4.78 is 1.74. The molecule has 0 N–H and O–H groups in total. The number of fused-ring (bicyclic) bond motifs is 3. The fourth-order valence-corrected chi connectivity index (χ4v) is 5.27. The Labute approximate surface area is 162 Å². The highest BCUT2D eigenvalue weighted by Gasteiger charge is 2.41. The van der Waals surface area contributed by atoms with Crippen LogP contribution < -0.4 is 5.69 Å². The van der Waals surface area contributed by atoms with Gasteiger partial charge in [0.1, 0.15) is 0 Å². The molecule has 1 aromatic heterocycles. The summed E-state index contributed by atoms with van der Waals surface area (Å²) in [5, 5.41) is 12.0. The van der Waals surface area contributed by atoms with Gasteiger partial charge in [0, 0.05) is 29.6 Å². The van der Waals surface area contributed by atoms with E-state index in [-0.39, 0.29) is 11.4 Å². The Kier molecular flexibility index (Phi) is 4.00. The second-order valence-corrected chi connectivity index (χ2v) is 8.02. The van der Waals surface area contributed by atoms with Crippen molar-refractivity contribution in [2.75, 3.05) is 0 Å². The SMILES string of the molecule is O=c1nc(-c2ccccc2)c2cc([N+](=O)[O-])ccc2n1CC1C2CCC1CC2. The first-order chi connectivity index (χ1) is 13.6. The van der Waals surface area contributed by atoms with Gasteiger partial charge in [-0.05, 0) is 49.5 Å². The van der Waals surface area contributed by atoms with Crippen LogP contribution in [0.3, 0.4) is 0 Å². The monoisotopic (exact) mass is 375 g/mol. The van der Waals surface area contributed by atoms with E-state index in [1.54, 1.807) is 16.7 Å². The minimum Gasteiger partial charge on any atom is -0.292 e. The van der Waals surface area contributed by atoms with E-state index in [0.29, 0.717) is 35.4 Å². The van der Waals surface area contributed by atoms with Gasteiger partial charge in [0.05, 0.1) is 16.1 Å². The minimum atomic E-state index is -0.402. The van der Waals surface area contributed by atoms with Crippen molar-refractivity contribution in [2.45, 2.75) is 32.2 Å². The van der Waals surface area contributed by atoms with E-state index in [2.05, 4.69) is 4.98 Å². The molecule has 0 spiro atoms. The highest BCUT2D eigenvalue weighted by Crippen LogP contribution is 2.50. The average molecular weight is 375 g/mol. The number of aromatic nitrogens is 2. The first-order valence-corrected chi connectivity index (χ1v) is 9.86. The normalized spacial score (nSPS) is 23.4. The molecular weight excluding hydrogens is 354 g/mol. The zero-order chi connectivity index (χ0) is 19.3. The molecule has 0 unspecified atom stereocenters. The molecule has 5 rings (SSSR count). The van der Waals surface area contributed by atoms with Crippen molar-refractivity contribution in [1.82, 2.24) is 9.55 Å². The molecule has 0 radical (unpaired) electrons. The lowest BCUT2D eigenvalue weighted by Crippen LogP contribution is -2.28. The van der Waals surface area contributed by atoms with E-state index in [1.165, 1.54) is 31.7 Å². The predicted molar refractivity (Wildman–Crippen MR) is 107 cm³/mol. The van der Waals surface area contributed by atoms with Crippen LogP contribution in [0.15, 0.2) is 53.3 Å². The maximum Gasteiger partial charge on any atom is 0.348 e. The largest absolute Gasteiger partial charge is 0.348 e. The van der Waals surface area contributed by atoms with Gasteiger partial charge in [-0.25, -0.2) is 4.79 Å². The summed E-state index contributed by atoms with van der Waals surface area (Å²) in [7, 11) is 0. The van der Waals surface area contributed by atoms with Crippen LogP contribution in [0.4, 0.5) is 5.69 Å². The number of hydrogen-bond donors (Lipinski definition) is 0. The molecule has 0 saturated heterocycles. The molecule has 3 aromatic rings. The van der Waals surface area contributed by atoms with Crippen LogP contribution in [0, 0.1) is 27.9 Å². The van der Waals surface area contributed by atoms with Crippen LogP contribution in [-0.4, -0.2) is 14.5 Å². The second kappa shape index (κ2) is 6.55. The van der Waals surface area contributed by atoms with Gasteiger partial charge in [-0.2, -0.15) is 4.98 Å². The van der Waals surface area contributed by atoms with Gasteiger partial charge in [0.15, 0.2) is 0 Å². The number of nitro benzene ring substituents is 1. The lowest BCUT2D eigenvalue weighted by atomic mass is 9.97. The van der Waals surface area contributed by atoms with E-state index in [4.69, 9.17) is 0 Å². The van der Waals surface area contributed by atoms with Crippen molar-refractivity contribution in [3.63, 3.8) is 0 Å². The highest BCUT2D eigenvalue weighted by molar-refractivity contribution is 5.93. The number of nitro groups is 1. The van der Waals surface area contributed by atoms with Crippen molar-refractivity contribution < 1.29 is 4.92 Å². The molecule has 0 atom stereocenters. The first-order valence-electron chi connectivity index (χ1n) is 9.86. The predicted octanol–water partition coefficient (Wildman–Crippen LogP) is 4.41. The van der Waals surface area contributed by atoms with Gasteiger partial charge < -0.3 is 0 Å². The maximum absolute atomic E-state index is 13.0. The Bertz CT molecular complexity index is 1100. The Balaban J connectivity index is 1.70. The quantitative estimate of drug-likeness (QED) is 0.500. The third-order valence-electron chi connectivity index (χ3n) is 6.64. The Morgan fingerprint density at radius 1 is 1.04 bits per heavy atom. The molecular formula is C22H21N3O3. The van der Waals surface area contributed by atoms with Crippen molar-refractivity contribution in [3.8, 4) is 11.3 Å². The first kappa shape index (κ1) is 17.1. The summed E-state index contributed by atoms with van der Waals surface area (Å²) in [6.07, 6.45) is 5.01. The fraction of sp³-hybridized carbons (Fsp3) is 0.364. The van der Waals surface area contributed by atoms with Crippen molar-refractivity contribution in [3.05, 3.63) is 69.1 Å². The molecule has 2 aromatic carbocycles. The van der Waals surface area contributed by atoms with Crippen molar-refractivity contribution >= 4 is 16.6 Å². The highest BCUT2D eigenvalue weighted by atomic mass is 16.6. The van der Waals surface area contributed by atoms with Crippen LogP contribution in [0.2, 0.25) is 0 Å². The second-order valence-electron chi connectivity index (χ2n) is 8.02. The third-order valence-corrected chi connectivity index (χ3v) is 6.64. The molecule has 6 nitrogen and oxygen atoms in total. The molecule has 2 saturated carbocycles. The van der Waals surface area contributed by atoms with Crippen LogP contribution in [-0.2, 0) is 6.54 Å². The topological polar surface area (TPSA) is 78.0 Å². The molecule has 142 valence electrons. The molecule has 28 heavy (non-hydrogen) atoms. The minimum absolute atomic E-state index is 0.0117. The summed E-state index contributed by atoms with van der Waals surface area (Å²) >= 11 is 0. The number of non-ortho nitro benzene ring substituents is 1. The van der Waals surface area contributed by atoms with Crippen molar-refractivity contribution in [1.29, 1.82) is 0 Å². The van der Waals surface area contributed by atoms with Gasteiger partial charge in [0.2, 0.25) is 0 Å². The van der Waals surface area contributed by atoms with E-state index < -0.39 is 4.92 Å². The Morgan fingerprint density at radius 2 is 1.71 bits per heavy atom. The Hall–Kier alpha value is -3.02. The van der Waals surface area contributed by atoms with Gasteiger partial charge >= 0.3 is 5.69 Å². The molecule has 1 heterocycles. The van der Waals surface area contributed by atoms with Crippen LogP contribution in [0.5, 0.6) is 0 Å². The average Bonchev–Trinajstić information content (AvgIpc) is 3.29. The number of nitrogens with zero attached hydrogens (tertiary/aromatic N) is 3. The summed E-state index contributed by atoms with van der Waals surface area (Å²) in [5.74, 6) is 1.90. The summed E-state index contributed by atoms with van der Waals surface area (Å²) in [4.78, 5) is 28.3. The third kappa shape index (κ3) is 2.71. The van der Waals surface area contributed by atoms with E-state index in [9.17, 15) is 14.9 Å². The van der Waals surface area contributed by atoms with E-state index >= 15 is 0 Å². The lowest BCUT2D eigenvalue weighted by Gasteiger charge is -2.19. The van der Waals surface area contributed by atoms with E-state index in [1.807, 2.05) is 30.3 Å². The lowest BCUT2D eigenvalue weighted by molar-refractivity contribution is -0.384. The number of rotatable bonds is 4. The van der Waals surface area contributed by atoms with Gasteiger partial charge in [-0.3, -0.25) is 14.7 Å². The molecule has 0 aliphatic heterocycles. The maximum atomic E-state index is 13.0. The molecule has 2 aliphatic rings. The molecule has 0 amide bonds. The number of hydrogen-bond acceptors (Lipinski definition) is 4. The molecule has 2 aliphatic carbocycles. The molecule has 2 bridgehead atoms. The van der Waals surface area contributed by atoms with E-state index in [0.717, 1.165) is 11.1 Å². The van der Waals surface area contributed by atoms with Crippen LogP contribution >= 0.6 is 0 Å². The van der Waals surface area contributed by atoms with Crippen molar-refractivity contribution in [2.24, 2.45) is 17.8 Å². The van der Waals surface area contributed by atoms with Crippen LogP contribution in [0.1, 0.15) is 25.7 Å². The smallest absolute Gasteiger partial charge is 0.292 e. The van der Waals surface area contributed by atoms with Gasteiger partial charge in [-0.1, -0.05) is 30.3 Å². The summed E-state index contributed by atoms with van der Waals surface area (Å²) in [5.41, 5.74) is 1.77. The fourth-order valence-electron chi connectivity index (χ4n) is 5.27. The number of benzene rings is 2. The zero-order valence-electron chi connectivity index (χ0n) is 15.5. The summed E-state index contributed by atoms with van der Waals surface area (Å²) in [6, 6.07) is 14.1. The van der Waals surface area contributed by atoms with Gasteiger partial charge in [-0.15, -0.1) is 0 Å². The standard InChI is InChI=1S/C22H21N3O3/c26-22-23-21(16-4-2-1-3-5-16)18-12-17(25(27)28)10-11-20(18)24(22)13-19-14-6-7-15(19)9-8-14/h1-5,10-12,14-15,19H,6-9,13H2. The summed E-state index contributed by atoms with van der Waals surface area (Å²) in [6.45, 7) is 0.657.